The number of hydrogen-bond acceptors (Lipinski definition) is 0. The van der Waals surface area contributed by atoms with E-state index in [4.69, 9.17) is 11.6 Å². The van der Waals surface area contributed by atoms with Gasteiger partial charge in [-0.15, -0.1) is 0 Å². The maximum Gasteiger partial charge on any atom is 0.0661 e. The zero-order chi connectivity index (χ0) is 15.0. The molecule has 0 radical (unpaired) electrons. The summed E-state index contributed by atoms with van der Waals surface area (Å²) >= 11 is 17.1. The van der Waals surface area contributed by atoms with Crippen LogP contribution < -0.4 is 0 Å². The summed E-state index contributed by atoms with van der Waals surface area (Å²) in [6.07, 6.45) is 0. The Bertz CT molecular complexity index is 814. The van der Waals surface area contributed by atoms with E-state index in [0.29, 0.717) is 0 Å². The Hall–Kier alpha value is -0.350. The fourth-order valence-electron chi connectivity index (χ4n) is 2.38. The summed E-state index contributed by atoms with van der Waals surface area (Å²) in [5.41, 5.74) is 2.39. The Balaban J connectivity index is 2.18. The molecular formula is C17H10Br3Cl. The van der Waals surface area contributed by atoms with Crippen LogP contribution in [0.3, 0.4) is 0 Å². The minimum absolute atomic E-state index is 0.0992. The van der Waals surface area contributed by atoms with Crippen molar-refractivity contribution in [2.45, 2.75) is 4.83 Å². The molecule has 0 N–H and O–H groups in total. The highest BCUT2D eigenvalue weighted by atomic mass is 79.9. The molecule has 4 heteroatoms. The van der Waals surface area contributed by atoms with E-state index in [2.05, 4.69) is 84.2 Å². The molecule has 3 aromatic rings. The normalized spacial score (nSPS) is 12.6. The number of alkyl halides is 1. The van der Waals surface area contributed by atoms with Gasteiger partial charge in [0, 0.05) is 14.0 Å². The lowest BCUT2D eigenvalue weighted by molar-refractivity contribution is 1.18. The quantitative estimate of drug-likeness (QED) is 0.327. The van der Waals surface area contributed by atoms with Crippen molar-refractivity contribution < 1.29 is 0 Å². The van der Waals surface area contributed by atoms with E-state index in [0.717, 1.165) is 19.5 Å². The summed E-state index contributed by atoms with van der Waals surface area (Å²) in [7, 11) is 0. The lowest BCUT2D eigenvalue weighted by Crippen LogP contribution is -1.96. The van der Waals surface area contributed by atoms with Gasteiger partial charge < -0.3 is 0 Å². The summed E-state index contributed by atoms with van der Waals surface area (Å²) < 4.78 is 2.11. The third kappa shape index (κ3) is 3.07. The molecule has 106 valence electrons. The molecule has 0 saturated carbocycles. The number of fused-ring (bicyclic) bond motifs is 1. The molecule has 1 atom stereocenters. The van der Waals surface area contributed by atoms with Crippen molar-refractivity contribution >= 4 is 70.2 Å². The van der Waals surface area contributed by atoms with Gasteiger partial charge in [-0.05, 0) is 40.1 Å². The van der Waals surface area contributed by atoms with Crippen LogP contribution in [0.1, 0.15) is 16.0 Å². The molecule has 3 aromatic carbocycles. The van der Waals surface area contributed by atoms with E-state index in [1.807, 2.05) is 18.2 Å². The second kappa shape index (κ2) is 6.41. The van der Waals surface area contributed by atoms with Gasteiger partial charge in [0.15, 0.2) is 0 Å². The predicted octanol–water partition coefficient (Wildman–Crippen LogP) is 7.50. The van der Waals surface area contributed by atoms with Crippen molar-refractivity contribution in [3.05, 3.63) is 79.7 Å². The Labute approximate surface area is 153 Å². The maximum atomic E-state index is 6.03. The van der Waals surface area contributed by atoms with Crippen LogP contribution in [0.25, 0.3) is 10.8 Å². The first-order valence-corrected chi connectivity index (χ1v) is 9.22. The largest absolute Gasteiger partial charge is 0.0843 e. The minimum Gasteiger partial charge on any atom is -0.0843 e. The maximum absolute atomic E-state index is 6.03. The predicted molar refractivity (Wildman–Crippen MR) is 102 cm³/mol. The van der Waals surface area contributed by atoms with Gasteiger partial charge in [0.05, 0.1) is 4.83 Å². The molecule has 1 unspecified atom stereocenters. The van der Waals surface area contributed by atoms with Gasteiger partial charge >= 0.3 is 0 Å². The monoisotopic (exact) mass is 486 g/mol. The fraction of sp³-hybridized carbons (Fsp3) is 0.0588. The van der Waals surface area contributed by atoms with Gasteiger partial charge in [-0.2, -0.15) is 0 Å². The molecule has 0 spiro atoms. The minimum atomic E-state index is 0.0992. The first-order chi connectivity index (χ1) is 10.1. The molecule has 0 saturated heterocycles. The summed E-state index contributed by atoms with van der Waals surface area (Å²) in [5, 5.41) is 3.17. The molecule has 0 nitrogen and oxygen atoms in total. The van der Waals surface area contributed by atoms with Crippen molar-refractivity contribution in [2.75, 3.05) is 0 Å². The Morgan fingerprint density at radius 2 is 1.43 bits per heavy atom. The summed E-state index contributed by atoms with van der Waals surface area (Å²) in [6, 6.07) is 18.5. The first kappa shape index (κ1) is 15.5. The van der Waals surface area contributed by atoms with E-state index in [1.54, 1.807) is 0 Å². The van der Waals surface area contributed by atoms with Gasteiger partial charge in [0.1, 0.15) is 0 Å². The average molecular weight is 489 g/mol. The van der Waals surface area contributed by atoms with Crippen molar-refractivity contribution in [3.63, 3.8) is 0 Å². The summed E-state index contributed by atoms with van der Waals surface area (Å²) in [4.78, 5) is 0.0992. The molecule has 0 aliphatic carbocycles. The molecule has 0 amide bonds. The molecule has 0 bridgehead atoms. The van der Waals surface area contributed by atoms with Gasteiger partial charge in [-0.1, -0.05) is 95.8 Å². The Morgan fingerprint density at radius 1 is 0.762 bits per heavy atom. The van der Waals surface area contributed by atoms with E-state index in [1.165, 1.54) is 16.3 Å². The van der Waals surface area contributed by atoms with Crippen LogP contribution in [0.15, 0.2) is 63.5 Å². The standard InChI is InChI=1S/C17H10Br3Cl/c18-15-8-7-13(11-3-1-2-4-12(11)15)17(20)14-6-5-10(21)9-16(14)19/h1-9,17H. The highest BCUT2D eigenvalue weighted by Crippen LogP contribution is 2.40. The third-order valence-corrected chi connectivity index (χ3v) is 6.01. The topological polar surface area (TPSA) is 0 Å². The van der Waals surface area contributed by atoms with E-state index < -0.39 is 0 Å². The molecule has 3 rings (SSSR count). The lowest BCUT2D eigenvalue weighted by Gasteiger charge is -2.16. The highest BCUT2D eigenvalue weighted by Gasteiger charge is 2.17. The zero-order valence-electron chi connectivity index (χ0n) is 10.8. The number of hydrogen-bond donors (Lipinski definition) is 0. The van der Waals surface area contributed by atoms with Gasteiger partial charge in [-0.3, -0.25) is 0 Å². The second-order valence-electron chi connectivity index (χ2n) is 4.71. The molecular weight excluding hydrogens is 479 g/mol. The molecule has 21 heavy (non-hydrogen) atoms. The molecule has 0 fully saturated rings. The van der Waals surface area contributed by atoms with Crippen LogP contribution in [0.2, 0.25) is 5.02 Å². The van der Waals surface area contributed by atoms with Crippen molar-refractivity contribution in [3.8, 4) is 0 Å². The van der Waals surface area contributed by atoms with Crippen LogP contribution in [-0.2, 0) is 0 Å². The van der Waals surface area contributed by atoms with E-state index in [-0.39, 0.29) is 4.83 Å². The molecule has 0 aliphatic heterocycles. The van der Waals surface area contributed by atoms with Crippen molar-refractivity contribution in [2.24, 2.45) is 0 Å². The number of benzene rings is 3. The van der Waals surface area contributed by atoms with E-state index >= 15 is 0 Å². The highest BCUT2D eigenvalue weighted by molar-refractivity contribution is 9.11. The Morgan fingerprint density at radius 3 is 2.14 bits per heavy atom. The Kier molecular flexibility index (Phi) is 4.75. The number of halogens is 4. The van der Waals surface area contributed by atoms with Crippen LogP contribution in [-0.4, -0.2) is 0 Å². The second-order valence-corrected chi connectivity index (χ2v) is 7.77. The smallest absolute Gasteiger partial charge is 0.0661 e. The van der Waals surface area contributed by atoms with Gasteiger partial charge in [-0.25, -0.2) is 0 Å². The lowest BCUT2D eigenvalue weighted by atomic mass is 9.98. The van der Waals surface area contributed by atoms with Crippen molar-refractivity contribution in [1.82, 2.24) is 0 Å². The van der Waals surface area contributed by atoms with Crippen LogP contribution in [0.4, 0.5) is 0 Å². The SMILES string of the molecule is Clc1ccc(C(Br)c2ccc(Br)c3ccccc23)c(Br)c1. The van der Waals surface area contributed by atoms with Crippen LogP contribution in [0.5, 0.6) is 0 Å². The summed E-state index contributed by atoms with van der Waals surface area (Å²) in [6.45, 7) is 0. The van der Waals surface area contributed by atoms with Gasteiger partial charge in [0.25, 0.3) is 0 Å². The first-order valence-electron chi connectivity index (χ1n) is 6.34. The van der Waals surface area contributed by atoms with E-state index in [9.17, 15) is 0 Å². The molecule has 0 aliphatic rings. The van der Waals surface area contributed by atoms with Crippen LogP contribution >= 0.6 is 59.4 Å². The number of rotatable bonds is 2. The fourth-order valence-corrected chi connectivity index (χ4v) is 4.88. The zero-order valence-corrected chi connectivity index (χ0v) is 16.3. The average Bonchev–Trinajstić information content (AvgIpc) is 2.47. The summed E-state index contributed by atoms with van der Waals surface area (Å²) in [5.74, 6) is 0. The third-order valence-electron chi connectivity index (χ3n) is 3.41. The van der Waals surface area contributed by atoms with Gasteiger partial charge in [0.2, 0.25) is 0 Å². The van der Waals surface area contributed by atoms with Crippen LogP contribution in [0, 0.1) is 0 Å². The van der Waals surface area contributed by atoms with Crippen molar-refractivity contribution in [1.29, 1.82) is 0 Å². The molecule has 0 aromatic heterocycles. The molecule has 0 heterocycles.